The maximum Gasteiger partial charge on any atom is 0.411 e. The molecule has 0 saturated carbocycles. The first-order chi connectivity index (χ1) is 8.00. The Morgan fingerprint density at radius 1 is 1.12 bits per heavy atom. The van der Waals surface area contributed by atoms with Crippen molar-refractivity contribution in [2.45, 2.75) is 18.6 Å². The van der Waals surface area contributed by atoms with Crippen molar-refractivity contribution in [3.63, 3.8) is 0 Å². The number of hydrogen-bond acceptors (Lipinski definition) is 10. The van der Waals surface area contributed by atoms with Crippen molar-refractivity contribution in [2.75, 3.05) is 0 Å². The standard InChI is InChI=1S/C6H7N7O4/c7-10-6(11-8,12-9)5(16)17-13-3(14)1-2-4(13)15/h7-9H,1-2H2. The van der Waals surface area contributed by atoms with E-state index in [-0.39, 0.29) is 17.9 Å². The molecule has 0 aromatic rings. The minimum Gasteiger partial charge on any atom is -0.323 e. The molecule has 11 nitrogen and oxygen atoms in total. The normalized spacial score (nSPS) is 18.5. The van der Waals surface area contributed by atoms with Crippen molar-refractivity contribution < 1.29 is 19.2 Å². The lowest BCUT2D eigenvalue weighted by Gasteiger charge is -2.17. The van der Waals surface area contributed by atoms with Gasteiger partial charge in [-0.05, 0) is 0 Å². The predicted molar refractivity (Wildman–Crippen MR) is 45.4 cm³/mol. The minimum absolute atomic E-state index is 0.104. The Morgan fingerprint density at radius 2 is 1.53 bits per heavy atom. The van der Waals surface area contributed by atoms with Crippen LogP contribution in [0.3, 0.4) is 0 Å². The molecular formula is C6H7N7O4. The molecule has 0 aliphatic carbocycles. The Bertz CT molecular complexity index is 381. The fourth-order valence-corrected chi connectivity index (χ4v) is 1.01. The molecule has 0 aromatic carbocycles. The second kappa shape index (κ2) is 4.51. The van der Waals surface area contributed by atoms with Gasteiger partial charge in [-0.3, -0.25) is 9.59 Å². The fourth-order valence-electron chi connectivity index (χ4n) is 1.01. The van der Waals surface area contributed by atoms with Gasteiger partial charge in [0.25, 0.3) is 11.8 Å². The molecule has 17 heavy (non-hydrogen) atoms. The zero-order valence-electron chi connectivity index (χ0n) is 8.34. The van der Waals surface area contributed by atoms with Gasteiger partial charge in [-0.1, -0.05) is 0 Å². The largest absolute Gasteiger partial charge is 0.411 e. The molecule has 1 heterocycles. The molecular weight excluding hydrogens is 234 g/mol. The summed E-state index contributed by atoms with van der Waals surface area (Å²) in [4.78, 5) is 37.9. The molecule has 0 unspecified atom stereocenters. The quantitative estimate of drug-likeness (QED) is 0.465. The summed E-state index contributed by atoms with van der Waals surface area (Å²) in [6.45, 7) is 0. The SMILES string of the molecule is N=NC(N=N)(N=N)C(=O)ON1C(=O)CCC1=O. The van der Waals surface area contributed by atoms with Crippen LogP contribution in [0.4, 0.5) is 0 Å². The van der Waals surface area contributed by atoms with Crippen LogP contribution in [0.1, 0.15) is 12.8 Å². The van der Waals surface area contributed by atoms with Crippen LogP contribution >= 0.6 is 0 Å². The first kappa shape index (κ1) is 12.5. The van der Waals surface area contributed by atoms with Crippen LogP contribution in [0, 0.1) is 16.6 Å². The molecule has 1 fully saturated rings. The summed E-state index contributed by atoms with van der Waals surface area (Å²) in [5.41, 5.74) is 19.9. The summed E-state index contributed by atoms with van der Waals surface area (Å²) >= 11 is 0. The molecule has 0 bridgehead atoms. The van der Waals surface area contributed by atoms with E-state index in [9.17, 15) is 14.4 Å². The summed E-state index contributed by atoms with van der Waals surface area (Å²) in [6, 6.07) is 0. The number of amides is 2. The lowest BCUT2D eigenvalue weighted by Crippen LogP contribution is -2.41. The van der Waals surface area contributed by atoms with Crippen LogP contribution in [0.15, 0.2) is 15.3 Å². The molecule has 1 aliphatic heterocycles. The van der Waals surface area contributed by atoms with Crippen molar-refractivity contribution in [3.05, 3.63) is 0 Å². The molecule has 2 amide bonds. The van der Waals surface area contributed by atoms with Crippen LogP contribution < -0.4 is 0 Å². The van der Waals surface area contributed by atoms with Crippen LogP contribution in [-0.2, 0) is 19.2 Å². The van der Waals surface area contributed by atoms with Crippen molar-refractivity contribution in [1.82, 2.24) is 5.06 Å². The number of nitrogens with zero attached hydrogens (tertiary/aromatic N) is 4. The summed E-state index contributed by atoms with van der Waals surface area (Å²) in [6.07, 6.45) is -0.208. The highest BCUT2D eigenvalue weighted by Crippen LogP contribution is 2.20. The summed E-state index contributed by atoms with van der Waals surface area (Å²) in [5.74, 6) is -5.74. The highest BCUT2D eigenvalue weighted by atomic mass is 16.7. The first-order valence-corrected chi connectivity index (χ1v) is 4.25. The highest BCUT2D eigenvalue weighted by Gasteiger charge is 2.45. The average molecular weight is 241 g/mol. The van der Waals surface area contributed by atoms with E-state index in [4.69, 9.17) is 16.6 Å². The summed E-state index contributed by atoms with van der Waals surface area (Å²) in [5, 5.41) is 7.89. The van der Waals surface area contributed by atoms with Gasteiger partial charge in [-0.25, -0.2) is 21.4 Å². The van der Waals surface area contributed by atoms with Gasteiger partial charge in [0.05, 0.1) is 0 Å². The van der Waals surface area contributed by atoms with E-state index in [0.29, 0.717) is 0 Å². The summed E-state index contributed by atoms with van der Waals surface area (Å²) in [7, 11) is 0. The number of rotatable bonds is 5. The number of carbonyl (C=O) groups excluding carboxylic acids is 3. The predicted octanol–water partition coefficient (Wildman–Crippen LogP) is 0.340. The van der Waals surface area contributed by atoms with E-state index < -0.39 is 23.6 Å². The smallest absolute Gasteiger partial charge is 0.323 e. The van der Waals surface area contributed by atoms with Crippen molar-refractivity contribution in [3.8, 4) is 0 Å². The lowest BCUT2D eigenvalue weighted by molar-refractivity contribution is -0.201. The van der Waals surface area contributed by atoms with Gasteiger partial charge in [0.2, 0.25) is 0 Å². The van der Waals surface area contributed by atoms with E-state index in [1.807, 2.05) is 0 Å². The highest BCUT2D eigenvalue weighted by molar-refractivity contribution is 6.02. The van der Waals surface area contributed by atoms with E-state index in [1.165, 1.54) is 0 Å². The third-order valence-electron chi connectivity index (χ3n) is 1.92. The number of hydroxylamine groups is 2. The van der Waals surface area contributed by atoms with Crippen LogP contribution in [0.25, 0.3) is 0 Å². The minimum atomic E-state index is -2.72. The van der Waals surface area contributed by atoms with Crippen molar-refractivity contribution >= 4 is 17.8 Å². The molecule has 0 aromatic heterocycles. The zero-order valence-corrected chi connectivity index (χ0v) is 8.34. The number of nitrogens with one attached hydrogen (secondary N) is 3. The number of hydrogen-bond donors (Lipinski definition) is 3. The second-order valence-corrected chi connectivity index (χ2v) is 2.93. The van der Waals surface area contributed by atoms with E-state index >= 15 is 0 Å². The van der Waals surface area contributed by atoms with Gasteiger partial charge in [0.1, 0.15) is 0 Å². The maximum absolute atomic E-state index is 11.4. The topological polar surface area (TPSA) is 172 Å². The maximum atomic E-state index is 11.4. The molecule has 0 radical (unpaired) electrons. The van der Waals surface area contributed by atoms with E-state index in [2.05, 4.69) is 20.2 Å². The fraction of sp³-hybridized carbons (Fsp3) is 0.500. The number of carbonyl (C=O) groups is 3. The van der Waals surface area contributed by atoms with Gasteiger partial charge in [0.15, 0.2) is 0 Å². The number of imide groups is 1. The zero-order chi connectivity index (χ0) is 13.1. The van der Waals surface area contributed by atoms with Crippen LogP contribution in [0.5, 0.6) is 0 Å². The Hall–Kier alpha value is -2.59. The third-order valence-corrected chi connectivity index (χ3v) is 1.92. The molecule has 1 rings (SSSR count). The Kier molecular flexibility index (Phi) is 3.31. The molecule has 1 saturated heterocycles. The Balaban J connectivity index is 2.88. The average Bonchev–Trinajstić information content (AvgIpc) is 2.64. The Morgan fingerprint density at radius 3 is 1.88 bits per heavy atom. The molecule has 1 aliphatic rings. The molecule has 3 N–H and O–H groups in total. The second-order valence-electron chi connectivity index (χ2n) is 2.93. The molecule has 0 atom stereocenters. The van der Waals surface area contributed by atoms with Crippen LogP contribution in [0.2, 0.25) is 0 Å². The molecule has 90 valence electrons. The Labute approximate surface area is 93.6 Å². The van der Waals surface area contributed by atoms with Crippen molar-refractivity contribution in [1.29, 1.82) is 16.6 Å². The third kappa shape index (κ3) is 2.02. The van der Waals surface area contributed by atoms with Crippen molar-refractivity contribution in [2.24, 2.45) is 15.3 Å². The van der Waals surface area contributed by atoms with Gasteiger partial charge >= 0.3 is 11.8 Å². The molecule has 11 heteroatoms. The van der Waals surface area contributed by atoms with Crippen LogP contribution in [-0.4, -0.2) is 28.6 Å². The van der Waals surface area contributed by atoms with E-state index in [0.717, 1.165) is 0 Å². The molecule has 0 spiro atoms. The van der Waals surface area contributed by atoms with Gasteiger partial charge in [-0.2, -0.15) is 0 Å². The summed E-state index contributed by atoms with van der Waals surface area (Å²) < 4.78 is 0. The van der Waals surface area contributed by atoms with E-state index in [1.54, 1.807) is 0 Å². The van der Waals surface area contributed by atoms with Gasteiger partial charge < -0.3 is 4.84 Å². The first-order valence-electron chi connectivity index (χ1n) is 4.25. The monoisotopic (exact) mass is 241 g/mol. The van der Waals surface area contributed by atoms with Gasteiger partial charge in [0, 0.05) is 12.8 Å². The lowest BCUT2D eigenvalue weighted by atomic mass is 10.4. The van der Waals surface area contributed by atoms with Gasteiger partial charge in [-0.15, -0.1) is 20.4 Å².